The molecule has 0 saturated carbocycles. The Morgan fingerprint density at radius 1 is 1.35 bits per heavy atom. The summed E-state index contributed by atoms with van der Waals surface area (Å²) >= 11 is 12.3. The van der Waals surface area contributed by atoms with Crippen molar-refractivity contribution in [2.24, 2.45) is 5.92 Å². The van der Waals surface area contributed by atoms with Gasteiger partial charge in [0.1, 0.15) is 11.3 Å². The molecule has 0 spiro atoms. The van der Waals surface area contributed by atoms with Gasteiger partial charge >= 0.3 is 0 Å². The van der Waals surface area contributed by atoms with Gasteiger partial charge in [0.15, 0.2) is 5.65 Å². The molecular weight excluding hydrogens is 297 g/mol. The van der Waals surface area contributed by atoms with Crippen LogP contribution in [0.2, 0.25) is 5.02 Å². The first kappa shape index (κ1) is 15.5. The van der Waals surface area contributed by atoms with Crippen molar-refractivity contribution in [1.29, 1.82) is 0 Å². The molecule has 2 unspecified atom stereocenters. The number of methoxy groups -OCH3 is 1. The van der Waals surface area contributed by atoms with E-state index in [1.165, 1.54) is 0 Å². The predicted molar refractivity (Wildman–Crippen MR) is 82.6 cm³/mol. The van der Waals surface area contributed by atoms with Gasteiger partial charge in [-0.3, -0.25) is 0 Å². The summed E-state index contributed by atoms with van der Waals surface area (Å²) in [5.74, 6) is 1.17. The maximum Gasteiger partial charge on any atom is 0.160 e. The zero-order valence-corrected chi connectivity index (χ0v) is 13.6. The highest BCUT2D eigenvalue weighted by Gasteiger charge is 2.25. The normalized spacial score (nSPS) is 14.9. The predicted octanol–water partition coefficient (Wildman–Crippen LogP) is 4.23. The third-order valence-electron chi connectivity index (χ3n) is 3.32. The number of hydrogen-bond acceptors (Lipinski definition) is 3. The fourth-order valence-electron chi connectivity index (χ4n) is 2.32. The second kappa shape index (κ2) is 6.29. The Hall–Kier alpha value is -0.840. The zero-order chi connectivity index (χ0) is 14.9. The molecule has 0 amide bonds. The number of rotatable bonds is 5. The third kappa shape index (κ3) is 2.92. The first-order chi connectivity index (χ1) is 9.45. The molecule has 20 heavy (non-hydrogen) atoms. The number of pyridine rings is 1. The average Bonchev–Trinajstić information content (AvgIpc) is 2.73. The van der Waals surface area contributed by atoms with Gasteiger partial charge in [-0.15, -0.1) is 11.6 Å². The lowest BCUT2D eigenvalue weighted by molar-refractivity contribution is 0.133. The average molecular weight is 316 g/mol. The van der Waals surface area contributed by atoms with Gasteiger partial charge in [-0.1, -0.05) is 25.4 Å². The SMILES string of the molecule is COCC(C(C)C)n1c(C(C)Cl)nc2cc(Cl)cnc21. The lowest BCUT2D eigenvalue weighted by Crippen LogP contribution is -2.22. The second-order valence-corrected chi connectivity index (χ2v) is 6.31. The van der Waals surface area contributed by atoms with E-state index in [-0.39, 0.29) is 11.4 Å². The number of ether oxygens (including phenoxy) is 1. The Balaban J connectivity index is 2.66. The summed E-state index contributed by atoms with van der Waals surface area (Å²) in [5, 5.41) is 0.366. The van der Waals surface area contributed by atoms with Crippen molar-refractivity contribution < 1.29 is 4.74 Å². The fourth-order valence-corrected chi connectivity index (χ4v) is 2.62. The van der Waals surface area contributed by atoms with Gasteiger partial charge in [0, 0.05) is 13.3 Å². The van der Waals surface area contributed by atoms with Crippen LogP contribution in [0.15, 0.2) is 12.3 Å². The summed E-state index contributed by atoms with van der Waals surface area (Å²) < 4.78 is 7.43. The molecule has 0 N–H and O–H groups in total. The summed E-state index contributed by atoms with van der Waals surface area (Å²) in [5.41, 5.74) is 1.56. The number of fused-ring (bicyclic) bond motifs is 1. The Morgan fingerprint density at radius 2 is 2.05 bits per heavy atom. The van der Waals surface area contributed by atoms with Crippen molar-refractivity contribution in [2.45, 2.75) is 32.2 Å². The molecule has 0 fully saturated rings. The standard InChI is InChI=1S/C14H19Cl2N3O/c1-8(2)12(7-20-4)19-13(9(3)15)18-11-5-10(16)6-17-14(11)19/h5-6,8-9,12H,7H2,1-4H3. The molecule has 2 aromatic heterocycles. The second-order valence-electron chi connectivity index (χ2n) is 5.22. The Bertz CT molecular complexity index is 595. The van der Waals surface area contributed by atoms with Crippen LogP contribution in [0.1, 0.15) is 38.0 Å². The van der Waals surface area contributed by atoms with Gasteiger partial charge in [0.2, 0.25) is 0 Å². The minimum atomic E-state index is -0.207. The molecule has 0 radical (unpaired) electrons. The molecule has 6 heteroatoms. The molecule has 0 aliphatic carbocycles. The monoisotopic (exact) mass is 315 g/mol. The first-order valence-corrected chi connectivity index (χ1v) is 7.43. The van der Waals surface area contributed by atoms with Gasteiger partial charge < -0.3 is 9.30 Å². The van der Waals surface area contributed by atoms with Crippen molar-refractivity contribution in [3.05, 3.63) is 23.1 Å². The number of imidazole rings is 1. The van der Waals surface area contributed by atoms with E-state index < -0.39 is 0 Å². The van der Waals surface area contributed by atoms with Crippen LogP contribution in [-0.4, -0.2) is 28.3 Å². The van der Waals surface area contributed by atoms with E-state index in [9.17, 15) is 0 Å². The minimum Gasteiger partial charge on any atom is -0.383 e. The van der Waals surface area contributed by atoms with Crippen LogP contribution in [0.3, 0.4) is 0 Å². The van der Waals surface area contributed by atoms with Gasteiger partial charge in [-0.05, 0) is 18.9 Å². The van der Waals surface area contributed by atoms with Gasteiger partial charge in [0.05, 0.1) is 23.0 Å². The summed E-state index contributed by atoms with van der Waals surface area (Å²) in [4.78, 5) is 9.01. The molecular formula is C14H19Cl2N3O. The van der Waals surface area contributed by atoms with Crippen LogP contribution in [0.4, 0.5) is 0 Å². The molecule has 2 rings (SSSR count). The molecule has 0 aliphatic rings. The molecule has 4 nitrogen and oxygen atoms in total. The molecule has 2 aromatic rings. The number of aromatic nitrogens is 3. The van der Waals surface area contributed by atoms with Crippen LogP contribution in [-0.2, 0) is 4.74 Å². The van der Waals surface area contributed by atoms with Crippen molar-refractivity contribution in [3.63, 3.8) is 0 Å². The number of alkyl halides is 1. The number of halogens is 2. The van der Waals surface area contributed by atoms with Crippen LogP contribution >= 0.6 is 23.2 Å². The Kier molecular flexibility index (Phi) is 4.89. The summed E-state index contributed by atoms with van der Waals surface area (Å²) in [7, 11) is 1.70. The van der Waals surface area contributed by atoms with E-state index in [1.54, 1.807) is 13.3 Å². The Labute approximate surface area is 129 Å². The summed E-state index contributed by atoms with van der Waals surface area (Å²) in [6.45, 7) is 6.79. The van der Waals surface area contributed by atoms with E-state index in [0.29, 0.717) is 17.5 Å². The highest BCUT2D eigenvalue weighted by molar-refractivity contribution is 6.31. The molecule has 0 aromatic carbocycles. The van der Waals surface area contributed by atoms with E-state index in [4.69, 9.17) is 27.9 Å². The van der Waals surface area contributed by atoms with Crippen molar-refractivity contribution >= 4 is 34.4 Å². The number of hydrogen-bond donors (Lipinski definition) is 0. The van der Waals surface area contributed by atoms with Crippen LogP contribution < -0.4 is 0 Å². The van der Waals surface area contributed by atoms with Gasteiger partial charge in [0.25, 0.3) is 0 Å². The quantitative estimate of drug-likeness (QED) is 0.775. The van der Waals surface area contributed by atoms with Gasteiger partial charge in [-0.2, -0.15) is 0 Å². The van der Waals surface area contributed by atoms with Crippen molar-refractivity contribution in [2.75, 3.05) is 13.7 Å². The van der Waals surface area contributed by atoms with E-state index in [1.807, 2.05) is 13.0 Å². The van der Waals surface area contributed by atoms with Crippen LogP contribution in [0.25, 0.3) is 11.2 Å². The van der Waals surface area contributed by atoms with Crippen LogP contribution in [0.5, 0.6) is 0 Å². The molecule has 0 bridgehead atoms. The first-order valence-electron chi connectivity index (χ1n) is 6.62. The third-order valence-corrected chi connectivity index (χ3v) is 3.72. The maximum atomic E-state index is 6.28. The van der Waals surface area contributed by atoms with E-state index in [0.717, 1.165) is 17.0 Å². The van der Waals surface area contributed by atoms with E-state index in [2.05, 4.69) is 28.4 Å². The highest BCUT2D eigenvalue weighted by atomic mass is 35.5. The summed E-state index contributed by atoms with van der Waals surface area (Å²) in [6, 6.07) is 1.95. The van der Waals surface area contributed by atoms with E-state index >= 15 is 0 Å². The van der Waals surface area contributed by atoms with Gasteiger partial charge in [-0.25, -0.2) is 9.97 Å². The maximum absolute atomic E-state index is 6.28. The molecule has 2 atom stereocenters. The van der Waals surface area contributed by atoms with Crippen molar-refractivity contribution in [1.82, 2.24) is 14.5 Å². The lowest BCUT2D eigenvalue weighted by Gasteiger charge is -2.24. The molecule has 110 valence electrons. The zero-order valence-electron chi connectivity index (χ0n) is 12.1. The fraction of sp³-hybridized carbons (Fsp3) is 0.571. The topological polar surface area (TPSA) is 39.9 Å². The Morgan fingerprint density at radius 3 is 2.60 bits per heavy atom. The van der Waals surface area contributed by atoms with Crippen molar-refractivity contribution in [3.8, 4) is 0 Å². The lowest BCUT2D eigenvalue weighted by atomic mass is 10.0. The smallest absolute Gasteiger partial charge is 0.160 e. The summed E-state index contributed by atoms with van der Waals surface area (Å²) in [6.07, 6.45) is 1.63. The minimum absolute atomic E-state index is 0.134. The largest absolute Gasteiger partial charge is 0.383 e. The highest BCUT2D eigenvalue weighted by Crippen LogP contribution is 2.31. The molecule has 2 heterocycles. The molecule has 0 saturated heterocycles. The number of nitrogens with zero attached hydrogens (tertiary/aromatic N) is 3. The molecule has 0 aliphatic heterocycles. The van der Waals surface area contributed by atoms with Crippen LogP contribution in [0, 0.1) is 5.92 Å².